The number of carbonyl (C=O) groups is 1. The molecule has 142 valence electrons. The molecule has 2 aromatic carbocycles. The fraction of sp³-hybridized carbons (Fsp3) is 0.364. The highest BCUT2D eigenvalue weighted by molar-refractivity contribution is 5.93. The second kappa shape index (κ2) is 8.71. The summed E-state index contributed by atoms with van der Waals surface area (Å²) in [6.45, 7) is 4.24. The Morgan fingerprint density at radius 1 is 1.07 bits per heavy atom. The van der Waals surface area contributed by atoms with Crippen LogP contribution in [0.25, 0.3) is 0 Å². The first-order valence-corrected chi connectivity index (χ1v) is 9.60. The van der Waals surface area contributed by atoms with Crippen molar-refractivity contribution < 1.29 is 4.79 Å². The average Bonchev–Trinajstić information content (AvgIpc) is 2.67. The number of hydrogen-bond donors (Lipinski definition) is 3. The van der Waals surface area contributed by atoms with E-state index >= 15 is 0 Å². The summed E-state index contributed by atoms with van der Waals surface area (Å²) in [5.41, 5.74) is 11.8. The number of amides is 1. The van der Waals surface area contributed by atoms with Crippen LogP contribution >= 0.6 is 0 Å². The molecule has 0 aromatic heterocycles. The van der Waals surface area contributed by atoms with Gasteiger partial charge in [0, 0.05) is 17.3 Å². The molecular formula is C22H28N4O. The maximum Gasteiger partial charge on any atom is 0.226 e. The lowest BCUT2D eigenvalue weighted by Gasteiger charge is -2.19. The summed E-state index contributed by atoms with van der Waals surface area (Å²) in [4.78, 5) is 16.2. The van der Waals surface area contributed by atoms with Gasteiger partial charge in [-0.3, -0.25) is 4.79 Å². The molecule has 1 aliphatic rings. The minimum absolute atomic E-state index is 0.0143. The predicted molar refractivity (Wildman–Crippen MR) is 112 cm³/mol. The predicted octanol–water partition coefficient (Wildman–Crippen LogP) is 4.09. The molecule has 1 aliphatic carbocycles. The molecule has 0 saturated carbocycles. The van der Waals surface area contributed by atoms with Crippen LogP contribution in [0.4, 0.5) is 11.4 Å². The van der Waals surface area contributed by atoms with Crippen molar-refractivity contribution in [2.45, 2.75) is 46.1 Å². The van der Waals surface area contributed by atoms with Gasteiger partial charge in [-0.25, -0.2) is 4.99 Å². The van der Waals surface area contributed by atoms with E-state index in [-0.39, 0.29) is 11.8 Å². The number of hydrogen-bond acceptors (Lipinski definition) is 2. The molecule has 0 bridgehead atoms. The summed E-state index contributed by atoms with van der Waals surface area (Å²) in [6.07, 6.45) is 4.72. The third-order valence-corrected chi connectivity index (χ3v) is 4.84. The fourth-order valence-electron chi connectivity index (χ4n) is 3.23. The van der Waals surface area contributed by atoms with Crippen LogP contribution in [0, 0.1) is 5.92 Å². The van der Waals surface area contributed by atoms with Gasteiger partial charge in [-0.1, -0.05) is 38.1 Å². The number of aliphatic imine (C=N–C) groups is 1. The third kappa shape index (κ3) is 5.09. The topological polar surface area (TPSA) is 79.5 Å². The minimum Gasteiger partial charge on any atom is -0.370 e. The number of rotatable bonds is 5. The van der Waals surface area contributed by atoms with Crippen LogP contribution in [0.15, 0.2) is 47.5 Å². The van der Waals surface area contributed by atoms with E-state index in [0.29, 0.717) is 12.5 Å². The highest BCUT2D eigenvalue weighted by Crippen LogP contribution is 2.27. The normalized spacial score (nSPS) is 14.0. The molecule has 0 fully saturated rings. The number of nitrogens with one attached hydrogen (secondary N) is 2. The lowest BCUT2D eigenvalue weighted by molar-refractivity contribution is -0.118. The molecule has 0 saturated heterocycles. The maximum atomic E-state index is 11.7. The fourth-order valence-corrected chi connectivity index (χ4v) is 3.23. The van der Waals surface area contributed by atoms with Gasteiger partial charge in [-0.2, -0.15) is 0 Å². The third-order valence-electron chi connectivity index (χ3n) is 4.84. The average molecular weight is 364 g/mol. The van der Waals surface area contributed by atoms with E-state index in [0.717, 1.165) is 29.8 Å². The van der Waals surface area contributed by atoms with E-state index in [4.69, 9.17) is 5.73 Å². The molecule has 4 N–H and O–H groups in total. The second-order valence-electron chi connectivity index (χ2n) is 7.32. The first-order valence-electron chi connectivity index (χ1n) is 9.60. The number of benzene rings is 2. The highest BCUT2D eigenvalue weighted by atomic mass is 16.1. The van der Waals surface area contributed by atoms with Gasteiger partial charge in [-0.05, 0) is 60.6 Å². The first kappa shape index (κ1) is 19.0. The lowest BCUT2D eigenvalue weighted by Crippen LogP contribution is -2.24. The molecule has 5 heteroatoms. The summed E-state index contributed by atoms with van der Waals surface area (Å²) in [7, 11) is 0. The minimum atomic E-state index is -0.0381. The van der Waals surface area contributed by atoms with Gasteiger partial charge in [-0.15, -0.1) is 0 Å². The summed E-state index contributed by atoms with van der Waals surface area (Å²) in [6, 6.07) is 14.0. The van der Waals surface area contributed by atoms with Crippen molar-refractivity contribution in [2.75, 3.05) is 10.6 Å². The largest absolute Gasteiger partial charge is 0.370 e. The smallest absolute Gasteiger partial charge is 0.226 e. The van der Waals surface area contributed by atoms with E-state index in [1.54, 1.807) is 0 Å². The zero-order valence-corrected chi connectivity index (χ0v) is 16.1. The van der Waals surface area contributed by atoms with Gasteiger partial charge in [0.15, 0.2) is 5.96 Å². The van der Waals surface area contributed by atoms with Crippen LogP contribution < -0.4 is 16.4 Å². The monoisotopic (exact) mass is 364 g/mol. The van der Waals surface area contributed by atoms with Crippen molar-refractivity contribution in [3.8, 4) is 0 Å². The summed E-state index contributed by atoms with van der Waals surface area (Å²) in [5.74, 6) is 0.399. The Morgan fingerprint density at radius 3 is 2.56 bits per heavy atom. The molecule has 1 amide bonds. The number of carbonyl (C=O) groups excluding carboxylic acids is 1. The molecular weight excluding hydrogens is 336 g/mol. The Kier molecular flexibility index (Phi) is 6.12. The van der Waals surface area contributed by atoms with Gasteiger partial charge in [0.25, 0.3) is 0 Å². The van der Waals surface area contributed by atoms with Crippen LogP contribution in [-0.2, 0) is 24.2 Å². The van der Waals surface area contributed by atoms with Crippen molar-refractivity contribution >= 4 is 23.2 Å². The van der Waals surface area contributed by atoms with Gasteiger partial charge >= 0.3 is 0 Å². The van der Waals surface area contributed by atoms with Crippen molar-refractivity contribution in [2.24, 2.45) is 16.6 Å². The van der Waals surface area contributed by atoms with Gasteiger partial charge in [0.1, 0.15) is 0 Å². The Balaban J connectivity index is 1.60. The van der Waals surface area contributed by atoms with Gasteiger partial charge in [0.05, 0.1) is 6.54 Å². The SMILES string of the molecule is CC(C)C(=O)Nc1ccc(CN=C(N)Nc2cccc3c2CCCC3)cc1. The van der Waals surface area contributed by atoms with Crippen LogP contribution in [0.1, 0.15) is 43.4 Å². The van der Waals surface area contributed by atoms with E-state index in [1.807, 2.05) is 38.1 Å². The van der Waals surface area contributed by atoms with E-state index in [2.05, 4.69) is 33.8 Å². The first-order chi connectivity index (χ1) is 13.0. The molecule has 5 nitrogen and oxygen atoms in total. The lowest BCUT2D eigenvalue weighted by atomic mass is 9.90. The standard InChI is InChI=1S/C22H28N4O/c1-15(2)21(27)25-18-12-10-16(11-13-18)14-24-22(23)26-20-9-5-7-17-6-3-4-8-19(17)20/h5,7,9-13,15H,3-4,6,8,14H2,1-2H3,(H,25,27)(H3,23,24,26). The zero-order valence-electron chi connectivity index (χ0n) is 16.1. The van der Waals surface area contributed by atoms with E-state index < -0.39 is 0 Å². The summed E-state index contributed by atoms with van der Waals surface area (Å²) in [5, 5.41) is 6.14. The van der Waals surface area contributed by atoms with Crippen LogP contribution in [0.2, 0.25) is 0 Å². The molecule has 3 rings (SSSR count). The Morgan fingerprint density at radius 2 is 1.81 bits per heavy atom. The van der Waals surface area contributed by atoms with Crippen molar-refractivity contribution in [1.82, 2.24) is 0 Å². The molecule has 0 heterocycles. The van der Waals surface area contributed by atoms with Crippen LogP contribution in [-0.4, -0.2) is 11.9 Å². The molecule has 2 aromatic rings. The summed E-state index contributed by atoms with van der Waals surface area (Å²) >= 11 is 0. The molecule has 0 spiro atoms. The maximum absolute atomic E-state index is 11.7. The number of nitrogens with two attached hydrogens (primary N) is 1. The number of nitrogens with zero attached hydrogens (tertiary/aromatic N) is 1. The van der Waals surface area contributed by atoms with Gasteiger partial charge in [0.2, 0.25) is 5.91 Å². The molecule has 0 radical (unpaired) electrons. The van der Waals surface area contributed by atoms with Crippen molar-refractivity contribution in [1.29, 1.82) is 0 Å². The van der Waals surface area contributed by atoms with Gasteiger partial charge < -0.3 is 16.4 Å². The van der Waals surface area contributed by atoms with E-state index in [9.17, 15) is 4.79 Å². The molecule has 0 aliphatic heterocycles. The number of guanidine groups is 1. The number of fused-ring (bicyclic) bond motifs is 1. The zero-order chi connectivity index (χ0) is 19.2. The molecule has 27 heavy (non-hydrogen) atoms. The number of aryl methyl sites for hydroxylation is 1. The van der Waals surface area contributed by atoms with Crippen molar-refractivity contribution in [3.05, 3.63) is 59.2 Å². The quantitative estimate of drug-likeness (QED) is 0.552. The molecule has 0 unspecified atom stereocenters. The Bertz CT molecular complexity index is 825. The second-order valence-corrected chi connectivity index (χ2v) is 7.32. The highest BCUT2D eigenvalue weighted by Gasteiger charge is 2.13. The van der Waals surface area contributed by atoms with E-state index in [1.165, 1.54) is 24.0 Å². The summed E-state index contributed by atoms with van der Waals surface area (Å²) < 4.78 is 0. The van der Waals surface area contributed by atoms with Crippen LogP contribution in [0.3, 0.4) is 0 Å². The van der Waals surface area contributed by atoms with Crippen molar-refractivity contribution in [3.63, 3.8) is 0 Å². The van der Waals surface area contributed by atoms with Crippen LogP contribution in [0.5, 0.6) is 0 Å². The Labute approximate surface area is 161 Å². The molecule has 0 atom stereocenters. The number of anilines is 2. The Hall–Kier alpha value is -2.82.